The first-order valence-electron chi connectivity index (χ1n) is 5.14. The summed E-state index contributed by atoms with van der Waals surface area (Å²) in [6.45, 7) is 1.84. The van der Waals surface area contributed by atoms with Crippen LogP contribution in [-0.4, -0.2) is 42.5 Å². The predicted molar refractivity (Wildman–Crippen MR) is 58.7 cm³/mol. The second kappa shape index (κ2) is 5.60. The van der Waals surface area contributed by atoms with E-state index in [4.69, 9.17) is 11.6 Å². The van der Waals surface area contributed by atoms with Crippen molar-refractivity contribution in [1.29, 1.82) is 0 Å². The minimum Gasteiger partial charge on any atom is -0.351 e. The second-order valence-corrected chi connectivity index (χ2v) is 4.56. The minimum atomic E-state index is -4.45. The molecule has 102 valence electrons. The highest BCUT2D eigenvalue weighted by Gasteiger charge is 2.40. The first-order chi connectivity index (χ1) is 8.19. The maximum atomic E-state index is 12.1. The van der Waals surface area contributed by atoms with Crippen molar-refractivity contribution in [2.45, 2.75) is 12.6 Å². The van der Waals surface area contributed by atoms with Crippen molar-refractivity contribution in [3.05, 3.63) is 11.6 Å². The van der Waals surface area contributed by atoms with Crippen molar-refractivity contribution in [2.24, 2.45) is 5.92 Å². The smallest absolute Gasteiger partial charge is 0.351 e. The van der Waals surface area contributed by atoms with Crippen molar-refractivity contribution in [3.63, 3.8) is 0 Å². The van der Waals surface area contributed by atoms with Gasteiger partial charge in [-0.15, -0.1) is 0 Å². The van der Waals surface area contributed by atoms with E-state index in [9.17, 15) is 22.8 Å². The van der Waals surface area contributed by atoms with Gasteiger partial charge in [0.1, 0.15) is 6.54 Å². The molecule has 4 nitrogen and oxygen atoms in total. The lowest BCUT2D eigenvalue weighted by Crippen LogP contribution is -2.37. The highest BCUT2D eigenvalue weighted by Crippen LogP contribution is 2.23. The van der Waals surface area contributed by atoms with E-state index < -0.39 is 30.5 Å². The summed E-state index contributed by atoms with van der Waals surface area (Å²) >= 11 is 5.44. The zero-order chi connectivity index (χ0) is 13.9. The monoisotopic (exact) mass is 284 g/mol. The number of carbonyl (C=O) groups is 2. The summed E-state index contributed by atoms with van der Waals surface area (Å²) in [4.78, 5) is 23.5. The summed E-state index contributed by atoms with van der Waals surface area (Å²) < 4.78 is 36.4. The van der Waals surface area contributed by atoms with E-state index in [1.54, 1.807) is 0 Å². The third kappa shape index (κ3) is 4.56. The van der Waals surface area contributed by atoms with Crippen LogP contribution in [-0.2, 0) is 9.59 Å². The van der Waals surface area contributed by atoms with Gasteiger partial charge >= 0.3 is 6.18 Å². The number of amides is 2. The Morgan fingerprint density at radius 1 is 1.56 bits per heavy atom. The quantitative estimate of drug-likeness (QED) is 0.845. The van der Waals surface area contributed by atoms with Gasteiger partial charge in [0.15, 0.2) is 0 Å². The molecule has 1 saturated heterocycles. The zero-order valence-corrected chi connectivity index (χ0v) is 10.1. The summed E-state index contributed by atoms with van der Waals surface area (Å²) in [5.74, 6) is -1.93. The molecule has 1 N–H and O–H groups in total. The molecule has 1 fully saturated rings. The van der Waals surface area contributed by atoms with Gasteiger partial charge in [-0.3, -0.25) is 9.59 Å². The van der Waals surface area contributed by atoms with Gasteiger partial charge in [-0.2, -0.15) is 13.2 Å². The van der Waals surface area contributed by atoms with E-state index in [1.807, 2.05) is 0 Å². The van der Waals surface area contributed by atoms with Crippen LogP contribution in [0.15, 0.2) is 11.6 Å². The molecule has 1 aliphatic rings. The first-order valence-corrected chi connectivity index (χ1v) is 5.52. The van der Waals surface area contributed by atoms with Crippen LogP contribution >= 0.6 is 11.6 Å². The fourth-order valence-corrected chi connectivity index (χ4v) is 1.71. The lowest BCUT2D eigenvalue weighted by molar-refractivity contribution is -0.157. The largest absolute Gasteiger partial charge is 0.406 e. The summed E-state index contributed by atoms with van der Waals surface area (Å²) in [5.41, 5.74) is 0. The van der Waals surface area contributed by atoms with Crippen LogP contribution in [0, 0.1) is 5.92 Å². The van der Waals surface area contributed by atoms with Crippen LogP contribution in [0.3, 0.4) is 0 Å². The van der Waals surface area contributed by atoms with Gasteiger partial charge in [-0.25, -0.2) is 0 Å². The van der Waals surface area contributed by atoms with Gasteiger partial charge in [-0.1, -0.05) is 18.2 Å². The van der Waals surface area contributed by atoms with Gasteiger partial charge in [0.05, 0.1) is 12.5 Å². The molecule has 0 aromatic heterocycles. The number of nitrogens with one attached hydrogen (secondary N) is 1. The van der Waals surface area contributed by atoms with Crippen molar-refractivity contribution < 1.29 is 22.8 Å². The number of carbonyl (C=O) groups excluding carboxylic acids is 2. The van der Waals surface area contributed by atoms with Crippen LogP contribution in [0.2, 0.25) is 0 Å². The number of likely N-dealkylation sites (tertiary alicyclic amines) is 1. The van der Waals surface area contributed by atoms with Gasteiger partial charge in [0.25, 0.3) is 0 Å². The average molecular weight is 285 g/mol. The number of nitrogens with zero attached hydrogens (tertiary/aromatic N) is 1. The maximum Gasteiger partial charge on any atom is 0.406 e. The summed E-state index contributed by atoms with van der Waals surface area (Å²) in [6, 6.07) is 0. The molecule has 0 saturated carbocycles. The lowest BCUT2D eigenvalue weighted by atomic mass is 10.1. The number of halogens is 4. The molecular weight excluding hydrogens is 273 g/mol. The average Bonchev–Trinajstić information content (AvgIpc) is 2.54. The third-order valence-electron chi connectivity index (χ3n) is 2.41. The molecule has 0 bridgehead atoms. The van der Waals surface area contributed by atoms with Crippen LogP contribution in [0.5, 0.6) is 0 Å². The minimum absolute atomic E-state index is 0.0321. The Kier molecular flexibility index (Phi) is 4.61. The Bertz CT molecular complexity index is 371. The first kappa shape index (κ1) is 14.8. The SMILES string of the molecule is C=C(Cl)CNC(=O)C1CC(=O)N(CC(F)(F)F)C1. The third-order valence-corrected chi connectivity index (χ3v) is 2.54. The number of rotatable bonds is 4. The molecule has 18 heavy (non-hydrogen) atoms. The van der Waals surface area contributed by atoms with E-state index >= 15 is 0 Å². The van der Waals surface area contributed by atoms with E-state index in [1.165, 1.54) is 0 Å². The van der Waals surface area contributed by atoms with Crippen molar-refractivity contribution in [1.82, 2.24) is 10.2 Å². The fourth-order valence-electron chi connectivity index (χ4n) is 1.64. The van der Waals surface area contributed by atoms with E-state index in [2.05, 4.69) is 11.9 Å². The molecule has 8 heteroatoms. The molecule has 0 spiro atoms. The van der Waals surface area contributed by atoms with Crippen LogP contribution in [0.1, 0.15) is 6.42 Å². The molecular formula is C10H12ClF3N2O2. The van der Waals surface area contributed by atoms with Gasteiger partial charge in [0, 0.05) is 18.0 Å². The Labute approximate surface area is 107 Å². The summed E-state index contributed by atoms with van der Waals surface area (Å²) in [6.07, 6.45) is -4.66. The molecule has 1 heterocycles. The summed E-state index contributed by atoms with van der Waals surface area (Å²) in [7, 11) is 0. The number of hydrogen-bond acceptors (Lipinski definition) is 2. The zero-order valence-electron chi connectivity index (χ0n) is 9.39. The number of alkyl halides is 3. The molecule has 0 radical (unpaired) electrons. The van der Waals surface area contributed by atoms with Crippen LogP contribution in [0.4, 0.5) is 13.2 Å². The Morgan fingerprint density at radius 3 is 2.67 bits per heavy atom. The Balaban J connectivity index is 2.50. The molecule has 1 unspecified atom stereocenters. The topological polar surface area (TPSA) is 49.4 Å². The predicted octanol–water partition coefficient (Wildman–Crippen LogP) is 1.27. The maximum absolute atomic E-state index is 12.1. The lowest BCUT2D eigenvalue weighted by Gasteiger charge is -2.18. The molecule has 0 aliphatic carbocycles. The number of hydrogen-bond donors (Lipinski definition) is 1. The molecule has 1 rings (SSSR count). The summed E-state index contributed by atoms with van der Waals surface area (Å²) in [5, 5.41) is 2.61. The fraction of sp³-hybridized carbons (Fsp3) is 0.600. The molecule has 1 aliphatic heterocycles. The Morgan fingerprint density at radius 2 is 2.17 bits per heavy atom. The van der Waals surface area contributed by atoms with E-state index in [0.717, 1.165) is 0 Å². The highest BCUT2D eigenvalue weighted by molar-refractivity contribution is 6.29. The second-order valence-electron chi connectivity index (χ2n) is 4.03. The van der Waals surface area contributed by atoms with Crippen LogP contribution < -0.4 is 5.32 Å². The van der Waals surface area contributed by atoms with Crippen molar-refractivity contribution >= 4 is 23.4 Å². The van der Waals surface area contributed by atoms with E-state index in [-0.39, 0.29) is 24.5 Å². The molecule has 2 amide bonds. The molecule has 1 atom stereocenters. The van der Waals surface area contributed by atoms with Gasteiger partial charge in [0.2, 0.25) is 11.8 Å². The standard InChI is InChI=1S/C10H12ClF3N2O2/c1-6(11)3-15-9(18)7-2-8(17)16(4-7)5-10(12,13)14/h7H,1-5H2,(H,15,18). The molecule has 0 aromatic rings. The molecule has 0 aromatic carbocycles. The van der Waals surface area contributed by atoms with Crippen LogP contribution in [0.25, 0.3) is 0 Å². The van der Waals surface area contributed by atoms with Crippen molar-refractivity contribution in [2.75, 3.05) is 19.6 Å². The normalized spacial score (nSPS) is 20.1. The van der Waals surface area contributed by atoms with Gasteiger partial charge in [-0.05, 0) is 0 Å². The van der Waals surface area contributed by atoms with Crippen molar-refractivity contribution in [3.8, 4) is 0 Å². The Hall–Kier alpha value is -1.24. The highest BCUT2D eigenvalue weighted by atomic mass is 35.5. The van der Waals surface area contributed by atoms with E-state index in [0.29, 0.717) is 4.90 Å². The van der Waals surface area contributed by atoms with Gasteiger partial charge < -0.3 is 10.2 Å².